The van der Waals surface area contributed by atoms with Gasteiger partial charge in [0.25, 0.3) is 5.91 Å². The molecule has 0 spiro atoms. The minimum Gasteiger partial charge on any atom is -0.321 e. The standard InChI is InChI=1S/C22H25N5O2/c1-25-13-10-18-15(14-25)6-5-12-26(18)22(29)27-19-9-3-2-7-16(19)21(28)24-17-8-4-11-23-20(17)27/h2-4,7-9,11,15,18H,5-6,10,12-14H2,1H3,(H,24,28). The number of fused-ring (bicyclic) bond motifs is 3. The summed E-state index contributed by atoms with van der Waals surface area (Å²) in [5.41, 5.74) is 1.62. The maximum absolute atomic E-state index is 13.9. The smallest absolute Gasteiger partial charge is 0.321 e. The number of likely N-dealkylation sites (tertiary alicyclic amines) is 2. The molecule has 3 amide bonds. The average Bonchev–Trinajstić information content (AvgIpc) is 2.86. The third kappa shape index (κ3) is 3.06. The highest BCUT2D eigenvalue weighted by Crippen LogP contribution is 2.39. The van der Waals surface area contributed by atoms with E-state index in [-0.39, 0.29) is 18.0 Å². The van der Waals surface area contributed by atoms with E-state index in [1.807, 2.05) is 23.1 Å². The monoisotopic (exact) mass is 391 g/mol. The van der Waals surface area contributed by atoms with E-state index in [1.165, 1.54) is 0 Å². The van der Waals surface area contributed by atoms with Gasteiger partial charge in [-0.05, 0) is 63.0 Å². The Morgan fingerprint density at radius 1 is 1.14 bits per heavy atom. The first-order chi connectivity index (χ1) is 14.1. The lowest BCUT2D eigenvalue weighted by Crippen LogP contribution is -2.57. The van der Waals surface area contributed by atoms with Gasteiger partial charge in [-0.15, -0.1) is 0 Å². The van der Waals surface area contributed by atoms with Gasteiger partial charge in [-0.3, -0.25) is 4.79 Å². The molecule has 3 aliphatic rings. The normalized spacial score (nSPS) is 24.1. The lowest BCUT2D eigenvalue weighted by molar-refractivity contribution is 0.0564. The van der Waals surface area contributed by atoms with Crippen LogP contribution in [0.3, 0.4) is 0 Å². The molecule has 1 aromatic heterocycles. The van der Waals surface area contributed by atoms with Crippen LogP contribution in [0.1, 0.15) is 29.6 Å². The third-order valence-electron chi connectivity index (χ3n) is 6.34. The zero-order valence-electron chi connectivity index (χ0n) is 16.5. The topological polar surface area (TPSA) is 68.8 Å². The Morgan fingerprint density at radius 2 is 2.00 bits per heavy atom. The van der Waals surface area contributed by atoms with Crippen LogP contribution in [-0.4, -0.2) is 59.4 Å². The van der Waals surface area contributed by atoms with Gasteiger partial charge in [-0.2, -0.15) is 0 Å². The molecule has 1 aromatic carbocycles. The van der Waals surface area contributed by atoms with Crippen LogP contribution in [0.15, 0.2) is 42.6 Å². The third-order valence-corrected chi connectivity index (χ3v) is 6.34. The van der Waals surface area contributed by atoms with Crippen molar-refractivity contribution in [3.05, 3.63) is 48.2 Å². The van der Waals surface area contributed by atoms with Crippen LogP contribution in [0.5, 0.6) is 0 Å². The summed E-state index contributed by atoms with van der Waals surface area (Å²) in [7, 11) is 2.15. The van der Waals surface area contributed by atoms with Crippen LogP contribution in [0.25, 0.3) is 0 Å². The molecule has 29 heavy (non-hydrogen) atoms. The number of rotatable bonds is 0. The summed E-state index contributed by atoms with van der Waals surface area (Å²) in [5.74, 6) is 0.753. The van der Waals surface area contributed by atoms with Gasteiger partial charge in [-0.1, -0.05) is 12.1 Å². The molecule has 4 heterocycles. The van der Waals surface area contributed by atoms with Crippen molar-refractivity contribution in [2.45, 2.75) is 25.3 Å². The number of aromatic nitrogens is 1. The van der Waals surface area contributed by atoms with Crippen LogP contribution in [0.2, 0.25) is 0 Å². The molecule has 150 valence electrons. The lowest BCUT2D eigenvalue weighted by Gasteiger charge is -2.47. The number of benzene rings is 1. The van der Waals surface area contributed by atoms with Crippen LogP contribution >= 0.6 is 0 Å². The highest BCUT2D eigenvalue weighted by molar-refractivity contribution is 6.16. The van der Waals surface area contributed by atoms with Crippen molar-refractivity contribution in [2.24, 2.45) is 5.92 Å². The number of piperidine rings is 2. The molecule has 0 saturated carbocycles. The minimum absolute atomic E-state index is 0.0897. The molecule has 2 aromatic rings. The predicted molar refractivity (Wildman–Crippen MR) is 111 cm³/mol. The molecule has 2 unspecified atom stereocenters. The quantitative estimate of drug-likeness (QED) is 0.748. The molecular weight excluding hydrogens is 366 g/mol. The number of urea groups is 1. The zero-order chi connectivity index (χ0) is 20.0. The summed E-state index contributed by atoms with van der Waals surface area (Å²) < 4.78 is 0. The predicted octanol–water partition coefficient (Wildman–Crippen LogP) is 3.32. The summed E-state index contributed by atoms with van der Waals surface area (Å²) >= 11 is 0. The molecule has 0 bridgehead atoms. The number of nitrogens with one attached hydrogen (secondary N) is 1. The second-order valence-electron chi connectivity index (χ2n) is 8.18. The summed E-state index contributed by atoms with van der Waals surface area (Å²) in [5, 5.41) is 2.91. The molecule has 3 aliphatic heterocycles. The number of hydrogen-bond acceptors (Lipinski definition) is 4. The van der Waals surface area contributed by atoms with Gasteiger partial charge in [-0.25, -0.2) is 14.7 Å². The first kappa shape index (κ1) is 18.1. The molecule has 0 radical (unpaired) electrons. The molecule has 7 heteroatoms. The molecule has 5 rings (SSSR count). The molecular formula is C22H25N5O2. The maximum atomic E-state index is 13.9. The van der Waals surface area contributed by atoms with Crippen molar-refractivity contribution >= 4 is 29.1 Å². The average molecular weight is 391 g/mol. The van der Waals surface area contributed by atoms with E-state index < -0.39 is 0 Å². The SMILES string of the molecule is CN1CCC2C(CCCN2C(=O)N2c3ccccc3C(=O)Nc3cccnc32)C1. The summed E-state index contributed by atoms with van der Waals surface area (Å²) in [4.78, 5) is 37.2. The Balaban J connectivity index is 1.58. The molecule has 2 atom stereocenters. The van der Waals surface area contributed by atoms with Gasteiger partial charge < -0.3 is 15.1 Å². The molecule has 1 N–H and O–H groups in total. The van der Waals surface area contributed by atoms with E-state index >= 15 is 0 Å². The van der Waals surface area contributed by atoms with Crippen molar-refractivity contribution in [3.8, 4) is 0 Å². The lowest BCUT2D eigenvalue weighted by atomic mass is 9.84. The van der Waals surface area contributed by atoms with Gasteiger partial charge in [0.05, 0.1) is 16.9 Å². The van der Waals surface area contributed by atoms with Gasteiger partial charge in [0.1, 0.15) is 0 Å². The number of para-hydroxylation sites is 1. The van der Waals surface area contributed by atoms with Crippen molar-refractivity contribution < 1.29 is 9.59 Å². The summed E-state index contributed by atoms with van der Waals surface area (Å²) in [6.45, 7) is 2.77. The largest absolute Gasteiger partial charge is 0.330 e. The number of amides is 3. The number of carbonyl (C=O) groups is 2. The Hall–Kier alpha value is -2.93. The zero-order valence-corrected chi connectivity index (χ0v) is 16.5. The second-order valence-corrected chi connectivity index (χ2v) is 8.18. The van der Waals surface area contributed by atoms with Gasteiger partial charge >= 0.3 is 6.03 Å². The fourth-order valence-corrected chi connectivity index (χ4v) is 4.98. The van der Waals surface area contributed by atoms with E-state index in [1.54, 1.807) is 29.3 Å². The summed E-state index contributed by atoms with van der Waals surface area (Å²) in [6, 6.07) is 11.0. The Kier molecular flexibility index (Phi) is 4.47. The van der Waals surface area contributed by atoms with E-state index in [0.717, 1.165) is 38.9 Å². The fraction of sp³-hybridized carbons (Fsp3) is 0.409. The van der Waals surface area contributed by atoms with Crippen molar-refractivity contribution in [1.29, 1.82) is 0 Å². The van der Waals surface area contributed by atoms with Crippen molar-refractivity contribution in [2.75, 3.05) is 36.9 Å². The maximum Gasteiger partial charge on any atom is 0.330 e. The van der Waals surface area contributed by atoms with Crippen LogP contribution in [0, 0.1) is 5.92 Å². The number of carbonyl (C=O) groups excluding carboxylic acids is 2. The van der Waals surface area contributed by atoms with E-state index in [4.69, 9.17) is 0 Å². The minimum atomic E-state index is -0.221. The summed E-state index contributed by atoms with van der Waals surface area (Å²) in [6.07, 6.45) is 4.80. The number of pyridine rings is 1. The van der Waals surface area contributed by atoms with Crippen LogP contribution < -0.4 is 10.2 Å². The highest BCUT2D eigenvalue weighted by atomic mass is 16.2. The highest BCUT2D eigenvalue weighted by Gasteiger charge is 2.41. The van der Waals surface area contributed by atoms with Gasteiger partial charge in [0.15, 0.2) is 5.82 Å². The van der Waals surface area contributed by atoms with E-state index in [2.05, 4.69) is 22.2 Å². The number of hydrogen-bond donors (Lipinski definition) is 1. The van der Waals surface area contributed by atoms with E-state index in [0.29, 0.717) is 28.7 Å². The Morgan fingerprint density at radius 3 is 2.90 bits per heavy atom. The van der Waals surface area contributed by atoms with Crippen LogP contribution in [-0.2, 0) is 0 Å². The van der Waals surface area contributed by atoms with Crippen molar-refractivity contribution in [1.82, 2.24) is 14.8 Å². The Bertz CT molecular complexity index is 962. The van der Waals surface area contributed by atoms with Crippen LogP contribution in [0.4, 0.5) is 22.0 Å². The van der Waals surface area contributed by atoms with Crippen molar-refractivity contribution in [3.63, 3.8) is 0 Å². The molecule has 2 saturated heterocycles. The number of anilines is 3. The van der Waals surface area contributed by atoms with E-state index in [9.17, 15) is 9.59 Å². The molecule has 7 nitrogen and oxygen atoms in total. The first-order valence-electron chi connectivity index (χ1n) is 10.3. The second kappa shape index (κ2) is 7.15. The fourth-order valence-electron chi connectivity index (χ4n) is 4.98. The van der Waals surface area contributed by atoms with Gasteiger partial charge in [0, 0.05) is 25.3 Å². The van der Waals surface area contributed by atoms with Gasteiger partial charge in [0.2, 0.25) is 0 Å². The molecule has 2 fully saturated rings. The first-order valence-corrected chi connectivity index (χ1v) is 10.3. The number of nitrogens with zero attached hydrogens (tertiary/aromatic N) is 4. The molecule has 0 aliphatic carbocycles. The Labute approximate surface area is 170 Å².